The summed E-state index contributed by atoms with van der Waals surface area (Å²) in [6, 6.07) is 15.6. The van der Waals surface area contributed by atoms with Crippen molar-refractivity contribution in [1.29, 1.82) is 0 Å². The van der Waals surface area contributed by atoms with Crippen molar-refractivity contribution in [2.75, 3.05) is 6.54 Å². The van der Waals surface area contributed by atoms with E-state index in [0.717, 1.165) is 17.7 Å². The molecule has 1 aliphatic rings. The second-order valence-electron chi connectivity index (χ2n) is 7.52. The van der Waals surface area contributed by atoms with Gasteiger partial charge in [-0.25, -0.2) is 0 Å². The smallest absolute Gasteiger partial charge is 0.292 e. The minimum absolute atomic E-state index is 0.0247. The zero-order valence-electron chi connectivity index (χ0n) is 16.7. The Morgan fingerprint density at radius 2 is 1.97 bits per heavy atom. The van der Waals surface area contributed by atoms with Gasteiger partial charge in [-0.05, 0) is 36.5 Å². The summed E-state index contributed by atoms with van der Waals surface area (Å²) >= 11 is 0. The van der Waals surface area contributed by atoms with E-state index in [9.17, 15) is 9.59 Å². The first-order valence-electron chi connectivity index (χ1n) is 10.1. The van der Waals surface area contributed by atoms with Gasteiger partial charge in [-0.1, -0.05) is 41.6 Å². The summed E-state index contributed by atoms with van der Waals surface area (Å²) < 4.78 is 5.37. The van der Waals surface area contributed by atoms with Gasteiger partial charge in [-0.2, -0.15) is 0 Å². The Balaban J connectivity index is 1.45. The summed E-state index contributed by atoms with van der Waals surface area (Å²) in [6.45, 7) is 0.804. The summed E-state index contributed by atoms with van der Waals surface area (Å²) in [5.41, 5.74) is 2.88. The van der Waals surface area contributed by atoms with Crippen molar-refractivity contribution >= 4 is 11.8 Å². The molecule has 7 heteroatoms. The molecule has 1 N–H and O–H groups in total. The van der Waals surface area contributed by atoms with Gasteiger partial charge in [0.15, 0.2) is 0 Å². The van der Waals surface area contributed by atoms with Crippen molar-refractivity contribution in [2.24, 2.45) is 0 Å². The average molecular weight is 404 g/mol. The normalized spacial score (nSPS) is 15.7. The minimum atomic E-state index is -0.238. The Morgan fingerprint density at radius 3 is 2.70 bits per heavy atom. The lowest BCUT2D eigenvalue weighted by Crippen LogP contribution is -2.41. The third-order valence-corrected chi connectivity index (χ3v) is 5.19. The van der Waals surface area contributed by atoms with Crippen LogP contribution in [0.4, 0.5) is 0 Å². The molecule has 1 aromatic carbocycles. The highest BCUT2D eigenvalue weighted by Gasteiger charge is 2.28. The average Bonchev–Trinajstić information content (AvgIpc) is 3.42. The first-order valence-corrected chi connectivity index (χ1v) is 10.1. The standard InChI is InChI=1S/C23H24N4O3/c28-22-11-10-20(25-22)16-27(15-18-7-4-12-24-14-18)23(29)21-13-19(26-30-21)9-8-17-5-2-1-3-6-17/h1-7,12-14,20H,8-11,15-16H2,(H,25,28)/t20-/m0/s1. The molecule has 7 nitrogen and oxygen atoms in total. The van der Waals surface area contributed by atoms with Crippen LogP contribution in [0.25, 0.3) is 0 Å². The van der Waals surface area contributed by atoms with Gasteiger partial charge in [-0.15, -0.1) is 0 Å². The maximum absolute atomic E-state index is 13.2. The van der Waals surface area contributed by atoms with Crippen molar-refractivity contribution in [3.63, 3.8) is 0 Å². The zero-order chi connectivity index (χ0) is 20.8. The maximum Gasteiger partial charge on any atom is 0.292 e. The van der Waals surface area contributed by atoms with Gasteiger partial charge in [0.25, 0.3) is 5.91 Å². The van der Waals surface area contributed by atoms with Gasteiger partial charge in [0.2, 0.25) is 11.7 Å². The van der Waals surface area contributed by atoms with E-state index in [4.69, 9.17) is 4.52 Å². The lowest BCUT2D eigenvalue weighted by Gasteiger charge is -2.24. The third-order valence-electron chi connectivity index (χ3n) is 5.19. The molecule has 1 aliphatic heterocycles. The van der Waals surface area contributed by atoms with Crippen LogP contribution in [0.5, 0.6) is 0 Å². The summed E-state index contributed by atoms with van der Waals surface area (Å²) in [6.07, 6.45) is 6.16. The second-order valence-corrected chi connectivity index (χ2v) is 7.52. The summed E-state index contributed by atoms with van der Waals surface area (Å²) in [5.74, 6) is 0.00128. The van der Waals surface area contributed by atoms with Crippen LogP contribution in [0.15, 0.2) is 65.4 Å². The predicted octanol–water partition coefficient (Wildman–Crippen LogP) is 2.78. The van der Waals surface area contributed by atoms with Gasteiger partial charge in [0, 0.05) is 44.0 Å². The minimum Gasteiger partial charge on any atom is -0.352 e. The number of pyridine rings is 1. The fourth-order valence-corrected chi connectivity index (χ4v) is 3.61. The topological polar surface area (TPSA) is 88.3 Å². The molecule has 0 radical (unpaired) electrons. The number of amides is 2. The number of hydrogen-bond acceptors (Lipinski definition) is 5. The molecule has 0 spiro atoms. The first-order chi connectivity index (χ1) is 14.7. The Bertz CT molecular complexity index is 988. The second kappa shape index (κ2) is 9.35. The van der Waals surface area contributed by atoms with E-state index in [1.807, 2.05) is 30.3 Å². The number of aromatic nitrogens is 2. The predicted molar refractivity (Wildman–Crippen MR) is 110 cm³/mol. The van der Waals surface area contributed by atoms with Crippen molar-refractivity contribution in [3.05, 3.63) is 83.5 Å². The molecule has 0 bridgehead atoms. The molecule has 4 rings (SSSR count). The van der Waals surface area contributed by atoms with Crippen LogP contribution >= 0.6 is 0 Å². The molecule has 154 valence electrons. The number of rotatable bonds is 8. The van der Waals surface area contributed by atoms with Crippen molar-refractivity contribution in [1.82, 2.24) is 20.4 Å². The van der Waals surface area contributed by atoms with Crippen molar-refractivity contribution in [3.8, 4) is 0 Å². The molecule has 1 saturated heterocycles. The Labute approximate surface area is 175 Å². The van der Waals surface area contributed by atoms with E-state index in [0.29, 0.717) is 32.4 Å². The monoisotopic (exact) mass is 404 g/mol. The van der Waals surface area contributed by atoms with E-state index >= 15 is 0 Å². The highest BCUT2D eigenvalue weighted by molar-refractivity contribution is 5.91. The SMILES string of the molecule is O=C1CC[C@@H](CN(Cc2cccnc2)C(=O)c2cc(CCc3ccccc3)no2)N1. The highest BCUT2D eigenvalue weighted by atomic mass is 16.5. The molecule has 0 unspecified atom stereocenters. The van der Waals surface area contributed by atoms with Crippen LogP contribution in [0.1, 0.15) is 40.2 Å². The summed E-state index contributed by atoms with van der Waals surface area (Å²) in [4.78, 5) is 30.6. The van der Waals surface area contributed by atoms with E-state index in [1.165, 1.54) is 5.56 Å². The van der Waals surface area contributed by atoms with E-state index in [2.05, 4.69) is 27.6 Å². The van der Waals surface area contributed by atoms with Crippen LogP contribution in [-0.2, 0) is 24.2 Å². The molecular formula is C23H24N4O3. The quantitative estimate of drug-likeness (QED) is 0.624. The van der Waals surface area contributed by atoms with Crippen LogP contribution in [-0.4, -0.2) is 39.4 Å². The lowest BCUT2D eigenvalue weighted by molar-refractivity contribution is -0.119. The van der Waals surface area contributed by atoms with E-state index < -0.39 is 0 Å². The molecule has 1 atom stereocenters. The molecule has 3 heterocycles. The number of benzene rings is 1. The van der Waals surface area contributed by atoms with Gasteiger partial charge in [-0.3, -0.25) is 14.6 Å². The van der Waals surface area contributed by atoms with Crippen molar-refractivity contribution < 1.29 is 14.1 Å². The molecule has 0 aliphatic carbocycles. The van der Waals surface area contributed by atoms with Crippen LogP contribution < -0.4 is 5.32 Å². The number of carbonyl (C=O) groups is 2. The van der Waals surface area contributed by atoms with E-state index in [1.54, 1.807) is 23.4 Å². The highest BCUT2D eigenvalue weighted by Crippen LogP contribution is 2.16. The van der Waals surface area contributed by atoms with Crippen LogP contribution in [0.3, 0.4) is 0 Å². The Kier molecular flexibility index (Phi) is 6.17. The van der Waals surface area contributed by atoms with Crippen LogP contribution in [0.2, 0.25) is 0 Å². The molecule has 2 amide bonds. The van der Waals surface area contributed by atoms with Gasteiger partial charge in [0.05, 0.1) is 5.69 Å². The molecule has 3 aromatic rings. The van der Waals surface area contributed by atoms with Crippen molar-refractivity contribution in [2.45, 2.75) is 38.3 Å². The summed E-state index contributed by atoms with van der Waals surface area (Å²) in [7, 11) is 0. The summed E-state index contributed by atoms with van der Waals surface area (Å²) in [5, 5.41) is 7.01. The Morgan fingerprint density at radius 1 is 1.13 bits per heavy atom. The fourth-order valence-electron chi connectivity index (χ4n) is 3.61. The van der Waals surface area contributed by atoms with Gasteiger partial charge in [0.1, 0.15) is 0 Å². The molecule has 0 saturated carbocycles. The molecular weight excluding hydrogens is 380 g/mol. The third kappa shape index (κ3) is 5.11. The number of nitrogens with one attached hydrogen (secondary N) is 1. The maximum atomic E-state index is 13.2. The van der Waals surface area contributed by atoms with Gasteiger partial charge < -0.3 is 14.7 Å². The first kappa shape index (κ1) is 19.8. The fraction of sp³-hybridized carbons (Fsp3) is 0.304. The Hall–Kier alpha value is -3.48. The molecule has 2 aromatic heterocycles. The van der Waals surface area contributed by atoms with Crippen LogP contribution in [0, 0.1) is 0 Å². The lowest BCUT2D eigenvalue weighted by atomic mass is 10.1. The number of carbonyl (C=O) groups excluding carboxylic acids is 2. The number of aryl methyl sites for hydroxylation is 2. The molecule has 30 heavy (non-hydrogen) atoms. The number of nitrogens with zero attached hydrogens (tertiary/aromatic N) is 3. The number of hydrogen-bond donors (Lipinski definition) is 1. The molecule has 1 fully saturated rings. The van der Waals surface area contributed by atoms with Gasteiger partial charge >= 0.3 is 0 Å². The largest absolute Gasteiger partial charge is 0.352 e. The van der Waals surface area contributed by atoms with E-state index in [-0.39, 0.29) is 23.6 Å². The zero-order valence-corrected chi connectivity index (χ0v) is 16.7.